The van der Waals surface area contributed by atoms with Crippen molar-refractivity contribution >= 4 is 34.7 Å². The van der Waals surface area contributed by atoms with E-state index < -0.39 is 11.6 Å². The Morgan fingerprint density at radius 3 is 2.83 bits per heavy atom. The van der Waals surface area contributed by atoms with Crippen LogP contribution in [0.25, 0.3) is 10.7 Å². The summed E-state index contributed by atoms with van der Waals surface area (Å²) in [5, 5.41) is 13.6. The lowest BCUT2D eigenvalue weighted by atomic mass is 10.2. The van der Waals surface area contributed by atoms with Crippen molar-refractivity contribution in [2.24, 2.45) is 0 Å². The summed E-state index contributed by atoms with van der Waals surface area (Å²) in [6.07, 6.45) is 2.08. The highest BCUT2D eigenvalue weighted by atomic mass is 32.2. The first kappa shape index (κ1) is 20.0. The molecular weight excluding hydrogens is 418 g/mol. The van der Waals surface area contributed by atoms with Gasteiger partial charge in [0.15, 0.2) is 11.0 Å². The van der Waals surface area contributed by atoms with Gasteiger partial charge in [0.1, 0.15) is 11.6 Å². The zero-order valence-corrected chi connectivity index (χ0v) is 16.9. The maximum absolute atomic E-state index is 13.3. The summed E-state index contributed by atoms with van der Waals surface area (Å²) in [5.74, 6) is -1.10. The number of rotatable bonds is 7. The molecule has 152 valence electrons. The largest absolute Gasteiger partial charge is 0.376 e. The van der Waals surface area contributed by atoms with E-state index in [4.69, 9.17) is 4.74 Å². The topological polar surface area (TPSA) is 69.0 Å². The molecule has 0 saturated carbocycles. The average molecular weight is 437 g/mol. The second-order valence-corrected chi connectivity index (χ2v) is 8.41. The monoisotopic (exact) mass is 436 g/mol. The van der Waals surface area contributed by atoms with Crippen molar-refractivity contribution in [3.8, 4) is 10.7 Å². The fraction of sp³-hybridized carbons (Fsp3) is 0.316. The summed E-state index contributed by atoms with van der Waals surface area (Å²) in [6, 6.07) is 6.81. The number of hydrogen-bond donors (Lipinski definition) is 1. The molecule has 6 nitrogen and oxygen atoms in total. The fourth-order valence-corrected chi connectivity index (χ4v) is 4.56. The van der Waals surface area contributed by atoms with E-state index in [1.807, 2.05) is 22.1 Å². The molecule has 3 heterocycles. The molecule has 0 aliphatic carbocycles. The number of carbonyl (C=O) groups excluding carboxylic acids is 1. The van der Waals surface area contributed by atoms with Gasteiger partial charge in [-0.25, -0.2) is 8.78 Å². The summed E-state index contributed by atoms with van der Waals surface area (Å²) in [4.78, 5) is 13.2. The summed E-state index contributed by atoms with van der Waals surface area (Å²) in [6.45, 7) is 1.36. The van der Waals surface area contributed by atoms with Gasteiger partial charge in [0.25, 0.3) is 0 Å². The first-order chi connectivity index (χ1) is 14.1. The number of ether oxygens (including phenoxy) is 1. The first-order valence-corrected chi connectivity index (χ1v) is 10.9. The fourth-order valence-electron chi connectivity index (χ4n) is 3.09. The first-order valence-electron chi connectivity index (χ1n) is 9.06. The molecule has 1 saturated heterocycles. The van der Waals surface area contributed by atoms with Gasteiger partial charge in [0, 0.05) is 18.4 Å². The highest BCUT2D eigenvalue weighted by molar-refractivity contribution is 7.99. The molecule has 1 fully saturated rings. The maximum Gasteiger partial charge on any atom is 0.234 e. The molecule has 1 aliphatic heterocycles. The molecule has 29 heavy (non-hydrogen) atoms. The molecule has 0 bridgehead atoms. The van der Waals surface area contributed by atoms with Crippen molar-refractivity contribution in [2.75, 3.05) is 17.7 Å². The number of benzene rings is 1. The van der Waals surface area contributed by atoms with E-state index in [0.29, 0.717) is 11.7 Å². The third-order valence-corrected chi connectivity index (χ3v) is 6.18. The second-order valence-electron chi connectivity index (χ2n) is 6.52. The van der Waals surface area contributed by atoms with Crippen molar-refractivity contribution in [3.63, 3.8) is 0 Å². The zero-order chi connectivity index (χ0) is 20.2. The minimum Gasteiger partial charge on any atom is -0.376 e. The van der Waals surface area contributed by atoms with E-state index >= 15 is 0 Å². The second kappa shape index (κ2) is 9.02. The molecule has 1 N–H and O–H groups in total. The lowest BCUT2D eigenvalue weighted by Gasteiger charge is -2.14. The predicted octanol–water partition coefficient (Wildman–Crippen LogP) is 4.19. The van der Waals surface area contributed by atoms with Crippen molar-refractivity contribution in [3.05, 3.63) is 47.3 Å². The summed E-state index contributed by atoms with van der Waals surface area (Å²) >= 11 is 2.79. The molecule has 1 amide bonds. The molecular formula is C19H18F2N4O2S2. The van der Waals surface area contributed by atoms with Crippen LogP contribution in [0.4, 0.5) is 14.5 Å². The molecule has 2 aromatic heterocycles. The van der Waals surface area contributed by atoms with E-state index in [1.165, 1.54) is 11.8 Å². The maximum atomic E-state index is 13.3. The lowest BCUT2D eigenvalue weighted by molar-refractivity contribution is -0.113. The Balaban J connectivity index is 1.46. The lowest BCUT2D eigenvalue weighted by Crippen LogP contribution is -2.18. The van der Waals surface area contributed by atoms with Crippen LogP contribution in [0.3, 0.4) is 0 Å². The molecule has 0 radical (unpaired) electrons. The van der Waals surface area contributed by atoms with Crippen molar-refractivity contribution < 1.29 is 18.3 Å². The standard InChI is InChI=1S/C19H18F2N4O2S2/c20-12-7-13(21)9-14(8-12)22-17(26)11-29-19-24-23-18(16-4-2-6-28-16)25(19)10-15-3-1-5-27-15/h2,4,6-9,15H,1,3,5,10-11H2,(H,22,26). The van der Waals surface area contributed by atoms with Gasteiger partial charge in [-0.2, -0.15) is 0 Å². The van der Waals surface area contributed by atoms with Crippen LogP contribution in [0.15, 0.2) is 40.9 Å². The summed E-state index contributed by atoms with van der Waals surface area (Å²) in [7, 11) is 0. The smallest absolute Gasteiger partial charge is 0.234 e. The van der Waals surface area contributed by atoms with Crippen LogP contribution in [-0.2, 0) is 16.1 Å². The van der Waals surface area contributed by atoms with Crippen LogP contribution in [0, 0.1) is 11.6 Å². The molecule has 10 heteroatoms. The molecule has 1 atom stereocenters. The molecule has 1 unspecified atom stereocenters. The Labute approximate surface area is 174 Å². The van der Waals surface area contributed by atoms with Gasteiger partial charge >= 0.3 is 0 Å². The number of anilines is 1. The molecule has 4 rings (SSSR count). The van der Waals surface area contributed by atoms with Gasteiger partial charge in [-0.15, -0.1) is 21.5 Å². The van der Waals surface area contributed by atoms with Gasteiger partial charge in [0.2, 0.25) is 5.91 Å². The van der Waals surface area contributed by atoms with Crippen LogP contribution >= 0.6 is 23.1 Å². The van der Waals surface area contributed by atoms with Gasteiger partial charge in [-0.05, 0) is 36.4 Å². The van der Waals surface area contributed by atoms with Crippen molar-refractivity contribution in [1.29, 1.82) is 0 Å². The van der Waals surface area contributed by atoms with E-state index in [1.54, 1.807) is 11.3 Å². The number of nitrogens with zero attached hydrogens (tertiary/aromatic N) is 3. The Hall–Kier alpha value is -2.30. The van der Waals surface area contributed by atoms with Crippen LogP contribution < -0.4 is 5.32 Å². The summed E-state index contributed by atoms with van der Waals surface area (Å²) in [5.41, 5.74) is 0.0770. The van der Waals surface area contributed by atoms with E-state index in [2.05, 4.69) is 15.5 Å². The number of thiophene rings is 1. The number of nitrogens with one attached hydrogen (secondary N) is 1. The van der Waals surface area contributed by atoms with E-state index in [0.717, 1.165) is 48.3 Å². The highest BCUT2D eigenvalue weighted by Gasteiger charge is 2.22. The molecule has 1 aliphatic rings. The van der Waals surface area contributed by atoms with Gasteiger partial charge in [-0.1, -0.05) is 17.8 Å². The normalized spacial score (nSPS) is 16.3. The van der Waals surface area contributed by atoms with Crippen LogP contribution in [0.1, 0.15) is 12.8 Å². The predicted molar refractivity (Wildman–Crippen MR) is 108 cm³/mol. The molecule has 3 aromatic rings. The Morgan fingerprint density at radius 1 is 1.31 bits per heavy atom. The Kier molecular flexibility index (Phi) is 6.22. The zero-order valence-electron chi connectivity index (χ0n) is 15.3. The summed E-state index contributed by atoms with van der Waals surface area (Å²) < 4.78 is 34.3. The number of carbonyl (C=O) groups is 1. The Morgan fingerprint density at radius 2 is 2.14 bits per heavy atom. The van der Waals surface area contributed by atoms with Gasteiger partial charge in [0.05, 0.1) is 23.3 Å². The van der Waals surface area contributed by atoms with Crippen LogP contribution in [0.2, 0.25) is 0 Å². The third-order valence-electron chi connectivity index (χ3n) is 4.35. The number of aromatic nitrogens is 3. The highest BCUT2D eigenvalue weighted by Crippen LogP contribution is 2.29. The van der Waals surface area contributed by atoms with Crippen LogP contribution in [-0.4, -0.2) is 39.1 Å². The van der Waals surface area contributed by atoms with Gasteiger partial charge in [-0.3, -0.25) is 9.36 Å². The minimum absolute atomic E-state index is 0.0340. The van der Waals surface area contributed by atoms with Crippen molar-refractivity contribution in [1.82, 2.24) is 14.8 Å². The number of halogens is 2. The van der Waals surface area contributed by atoms with E-state index in [-0.39, 0.29) is 23.5 Å². The minimum atomic E-state index is -0.746. The Bertz CT molecular complexity index is 968. The van der Waals surface area contributed by atoms with Crippen molar-refractivity contribution in [2.45, 2.75) is 30.6 Å². The van der Waals surface area contributed by atoms with E-state index in [9.17, 15) is 13.6 Å². The number of amides is 1. The average Bonchev–Trinajstić information content (AvgIpc) is 3.42. The van der Waals surface area contributed by atoms with Crippen LogP contribution in [0.5, 0.6) is 0 Å². The SMILES string of the molecule is O=C(CSc1nnc(-c2cccs2)n1CC1CCCO1)Nc1cc(F)cc(F)c1. The molecule has 1 aromatic carbocycles. The molecule has 0 spiro atoms. The van der Waals surface area contributed by atoms with Gasteiger partial charge < -0.3 is 10.1 Å². The number of thioether (sulfide) groups is 1. The number of hydrogen-bond acceptors (Lipinski definition) is 6. The third kappa shape index (κ3) is 5.01. The quantitative estimate of drug-likeness (QED) is 0.563.